The summed E-state index contributed by atoms with van der Waals surface area (Å²) in [6.07, 6.45) is -7.45. The molecule has 1 aliphatic carbocycles. The Hall–Kier alpha value is -2.05. The van der Waals surface area contributed by atoms with E-state index in [0.717, 1.165) is 43.2 Å². The Labute approximate surface area is 128 Å². The second-order valence-electron chi connectivity index (χ2n) is 5.52. The summed E-state index contributed by atoms with van der Waals surface area (Å²) in [4.78, 5) is 3.57. The van der Waals surface area contributed by atoms with E-state index < -0.39 is 23.6 Å². The molecule has 2 aromatic rings. The molecule has 1 aliphatic rings. The fraction of sp³-hybridized carbons (Fsp3) is 0.312. The maximum absolute atomic E-state index is 13.0. The minimum Gasteiger partial charge on any atom is -0.243 e. The van der Waals surface area contributed by atoms with E-state index in [-0.39, 0.29) is 17.2 Å². The first-order chi connectivity index (χ1) is 10.6. The van der Waals surface area contributed by atoms with Gasteiger partial charge >= 0.3 is 12.4 Å². The molecule has 0 radical (unpaired) electrons. The van der Waals surface area contributed by atoms with Crippen molar-refractivity contribution >= 4 is 0 Å². The Kier molecular flexibility index (Phi) is 3.61. The van der Waals surface area contributed by atoms with Gasteiger partial charge in [0.05, 0.1) is 11.3 Å². The van der Waals surface area contributed by atoms with Crippen molar-refractivity contribution < 1.29 is 26.3 Å². The van der Waals surface area contributed by atoms with Crippen molar-refractivity contribution in [3.63, 3.8) is 0 Å². The van der Waals surface area contributed by atoms with Crippen LogP contribution in [0.2, 0.25) is 0 Å². The fourth-order valence-corrected chi connectivity index (χ4v) is 2.33. The van der Waals surface area contributed by atoms with Gasteiger partial charge in [-0.2, -0.15) is 26.3 Å². The molecule has 0 bridgehead atoms. The lowest BCUT2D eigenvalue weighted by Crippen LogP contribution is -2.09. The molecule has 122 valence electrons. The fourth-order valence-electron chi connectivity index (χ4n) is 2.33. The molecule has 23 heavy (non-hydrogen) atoms. The molecule has 0 amide bonds. The summed E-state index contributed by atoms with van der Waals surface area (Å²) >= 11 is 0. The Morgan fingerprint density at radius 3 is 1.91 bits per heavy atom. The summed E-state index contributed by atoms with van der Waals surface area (Å²) in [7, 11) is 0. The van der Waals surface area contributed by atoms with Gasteiger partial charge in [0.25, 0.3) is 0 Å². The second kappa shape index (κ2) is 5.25. The average Bonchev–Trinajstić information content (AvgIpc) is 3.30. The van der Waals surface area contributed by atoms with Crippen molar-refractivity contribution in [2.45, 2.75) is 31.1 Å². The Morgan fingerprint density at radius 2 is 1.43 bits per heavy atom. The van der Waals surface area contributed by atoms with Crippen LogP contribution in [-0.4, -0.2) is 4.98 Å². The predicted octanol–water partition coefficient (Wildman–Crippen LogP) is 5.66. The zero-order valence-electron chi connectivity index (χ0n) is 11.7. The van der Waals surface area contributed by atoms with E-state index in [0.29, 0.717) is 5.56 Å². The van der Waals surface area contributed by atoms with Crippen LogP contribution < -0.4 is 0 Å². The van der Waals surface area contributed by atoms with E-state index >= 15 is 0 Å². The molecule has 0 aliphatic heterocycles. The molecule has 1 aromatic carbocycles. The van der Waals surface area contributed by atoms with Gasteiger partial charge in [-0.3, -0.25) is 0 Å². The normalized spacial score (nSPS) is 15.7. The smallest absolute Gasteiger partial charge is 0.243 e. The van der Waals surface area contributed by atoms with E-state index in [1.165, 1.54) is 6.07 Å². The Balaban J connectivity index is 2.03. The van der Waals surface area contributed by atoms with E-state index in [4.69, 9.17) is 0 Å². The quantitative estimate of drug-likeness (QED) is 0.647. The highest BCUT2D eigenvalue weighted by Crippen LogP contribution is 2.43. The third-order valence-corrected chi connectivity index (χ3v) is 3.69. The third-order valence-electron chi connectivity index (χ3n) is 3.69. The minimum absolute atomic E-state index is 0.0375. The van der Waals surface area contributed by atoms with Crippen molar-refractivity contribution in [1.29, 1.82) is 0 Å². The number of halogens is 6. The summed E-state index contributed by atoms with van der Waals surface area (Å²) in [6, 6.07) is 6.51. The van der Waals surface area contributed by atoms with Gasteiger partial charge in [-0.05, 0) is 48.6 Å². The van der Waals surface area contributed by atoms with Crippen molar-refractivity contribution in [3.8, 4) is 11.3 Å². The number of hydrogen-bond donors (Lipinski definition) is 0. The van der Waals surface area contributed by atoms with Crippen molar-refractivity contribution in [2.75, 3.05) is 0 Å². The van der Waals surface area contributed by atoms with Gasteiger partial charge < -0.3 is 0 Å². The number of hydrogen-bond acceptors (Lipinski definition) is 1. The molecule has 3 rings (SSSR count). The lowest BCUT2D eigenvalue weighted by Gasteiger charge is -2.12. The molecule has 0 atom stereocenters. The molecule has 1 saturated carbocycles. The number of aromatic nitrogens is 1. The van der Waals surface area contributed by atoms with Crippen LogP contribution in [0, 0.1) is 0 Å². The lowest BCUT2D eigenvalue weighted by atomic mass is 10.0. The first kappa shape index (κ1) is 15.8. The molecule has 0 unspecified atom stereocenters. The number of rotatable bonds is 2. The molecule has 0 spiro atoms. The predicted molar refractivity (Wildman–Crippen MR) is 71.7 cm³/mol. The Bertz CT molecular complexity index is 711. The van der Waals surface area contributed by atoms with Gasteiger partial charge in [0, 0.05) is 5.56 Å². The highest BCUT2D eigenvalue weighted by molar-refractivity contribution is 5.61. The molecule has 1 nitrogen and oxygen atoms in total. The highest BCUT2D eigenvalue weighted by Gasteiger charge is 2.35. The summed E-state index contributed by atoms with van der Waals surface area (Å²) in [5.41, 5.74) is -1.07. The first-order valence-corrected chi connectivity index (χ1v) is 6.91. The van der Waals surface area contributed by atoms with Gasteiger partial charge in [0.15, 0.2) is 0 Å². The van der Waals surface area contributed by atoms with Crippen LogP contribution in [0.3, 0.4) is 0 Å². The molecule has 1 aromatic heterocycles. The topological polar surface area (TPSA) is 12.9 Å². The Morgan fingerprint density at radius 1 is 0.826 bits per heavy atom. The van der Waals surface area contributed by atoms with E-state index in [1.54, 1.807) is 0 Å². The van der Waals surface area contributed by atoms with Crippen LogP contribution in [0.5, 0.6) is 0 Å². The van der Waals surface area contributed by atoms with Gasteiger partial charge in [0.1, 0.15) is 5.69 Å². The zero-order chi connectivity index (χ0) is 16.8. The second-order valence-corrected chi connectivity index (χ2v) is 5.52. The van der Waals surface area contributed by atoms with Crippen LogP contribution in [0.4, 0.5) is 26.3 Å². The minimum atomic E-state index is -4.59. The maximum Gasteiger partial charge on any atom is 0.433 e. The standard InChI is InChI=1S/C16H11F6N/c17-15(18,19)12-5-3-10(4-6-12)13-7-11(9-1-2-9)8-14(23-13)16(20,21)22/h3-9H,1-2H2. The van der Waals surface area contributed by atoms with Crippen LogP contribution in [0.15, 0.2) is 36.4 Å². The van der Waals surface area contributed by atoms with Crippen LogP contribution in [0.25, 0.3) is 11.3 Å². The molecule has 0 N–H and O–H groups in total. The highest BCUT2D eigenvalue weighted by atomic mass is 19.4. The zero-order valence-corrected chi connectivity index (χ0v) is 11.7. The number of nitrogens with zero attached hydrogens (tertiary/aromatic N) is 1. The largest absolute Gasteiger partial charge is 0.433 e. The molecule has 1 fully saturated rings. The van der Waals surface area contributed by atoms with Crippen LogP contribution in [-0.2, 0) is 12.4 Å². The van der Waals surface area contributed by atoms with Crippen molar-refractivity contribution in [1.82, 2.24) is 4.98 Å². The molecular formula is C16H11F6N. The summed E-state index contributed by atoms with van der Waals surface area (Å²) in [5, 5.41) is 0. The van der Waals surface area contributed by atoms with Gasteiger partial charge in [-0.25, -0.2) is 4.98 Å². The van der Waals surface area contributed by atoms with E-state index in [2.05, 4.69) is 4.98 Å². The number of benzene rings is 1. The first-order valence-electron chi connectivity index (χ1n) is 6.91. The summed E-state index contributed by atoms with van der Waals surface area (Å²) in [5.74, 6) is 0.0762. The van der Waals surface area contributed by atoms with E-state index in [9.17, 15) is 26.3 Å². The number of pyridine rings is 1. The molecule has 0 saturated heterocycles. The molecular weight excluding hydrogens is 320 g/mol. The maximum atomic E-state index is 13.0. The van der Waals surface area contributed by atoms with Crippen LogP contribution in [0.1, 0.15) is 35.6 Å². The summed E-state index contributed by atoms with van der Waals surface area (Å²) < 4.78 is 76.5. The third kappa shape index (κ3) is 3.48. The van der Waals surface area contributed by atoms with Crippen LogP contribution >= 0.6 is 0 Å². The molecule has 7 heteroatoms. The average molecular weight is 331 g/mol. The lowest BCUT2D eigenvalue weighted by molar-refractivity contribution is -0.141. The van der Waals surface area contributed by atoms with Gasteiger partial charge in [-0.15, -0.1) is 0 Å². The monoisotopic (exact) mass is 331 g/mol. The van der Waals surface area contributed by atoms with Crippen molar-refractivity contribution in [2.24, 2.45) is 0 Å². The summed E-state index contributed by atoms with van der Waals surface area (Å²) in [6.45, 7) is 0. The van der Waals surface area contributed by atoms with Gasteiger partial charge in [-0.1, -0.05) is 12.1 Å². The molecule has 1 heterocycles. The SMILES string of the molecule is FC(F)(F)c1ccc(-c2cc(C3CC3)cc(C(F)(F)F)n2)cc1. The van der Waals surface area contributed by atoms with Crippen molar-refractivity contribution in [3.05, 3.63) is 53.2 Å². The van der Waals surface area contributed by atoms with Gasteiger partial charge in [0.2, 0.25) is 0 Å². The number of alkyl halides is 6. The van der Waals surface area contributed by atoms with E-state index in [1.807, 2.05) is 0 Å².